The van der Waals surface area contributed by atoms with Crippen molar-refractivity contribution in [2.45, 2.75) is 66.2 Å². The van der Waals surface area contributed by atoms with E-state index in [1.54, 1.807) is 12.1 Å². The molecule has 1 aliphatic rings. The molecule has 1 aliphatic heterocycles. The minimum Gasteiger partial charge on any atom is -0.457 e. The fourth-order valence-electron chi connectivity index (χ4n) is 9.54. The van der Waals surface area contributed by atoms with Gasteiger partial charge in [-0.25, -0.2) is 9.37 Å². The minimum atomic E-state index is -0.248. The van der Waals surface area contributed by atoms with Crippen LogP contribution < -0.4 is 14.5 Å². The van der Waals surface area contributed by atoms with Crippen LogP contribution in [0.4, 0.5) is 27.1 Å². The van der Waals surface area contributed by atoms with E-state index in [-0.39, 0.29) is 16.6 Å². The minimum absolute atomic E-state index is 0.0311. The van der Waals surface area contributed by atoms with Gasteiger partial charge in [-0.05, 0) is 130 Å². The van der Waals surface area contributed by atoms with E-state index in [0.717, 1.165) is 73.2 Å². The fourth-order valence-corrected chi connectivity index (χ4v) is 9.54. The fraction of sp³-hybridized carbons (Fsp3) is 0.190. The van der Waals surface area contributed by atoms with Gasteiger partial charge in [0.15, 0.2) is 0 Å². The maximum Gasteiger partial charge on any atom is 0.137 e. The second-order valence-corrected chi connectivity index (χ2v) is 19.2. The van der Waals surface area contributed by atoms with Gasteiger partial charge < -0.3 is 14.5 Å². The van der Waals surface area contributed by atoms with Crippen molar-refractivity contribution in [3.05, 3.63) is 192 Å². The normalized spacial score (nSPS) is 13.0. The molecule has 3 heterocycles. The monoisotopic (exact) mass is 840 g/mol. The van der Waals surface area contributed by atoms with E-state index in [9.17, 15) is 4.39 Å². The van der Waals surface area contributed by atoms with Gasteiger partial charge in [0.25, 0.3) is 0 Å². The molecule has 0 fully saturated rings. The molecule has 64 heavy (non-hydrogen) atoms. The van der Waals surface area contributed by atoms with Crippen LogP contribution in [-0.4, -0.2) is 16.2 Å². The van der Waals surface area contributed by atoms with Gasteiger partial charge in [0, 0.05) is 40.4 Å². The number of nitrogens with zero attached hydrogens (tertiary/aromatic N) is 4. The number of pyridine rings is 1. The highest BCUT2D eigenvalue weighted by molar-refractivity contribution is 6.09. The van der Waals surface area contributed by atoms with E-state index in [1.165, 1.54) is 33.2 Å². The Labute approximate surface area is 376 Å². The number of aryl methyl sites for hydroxylation is 2. The van der Waals surface area contributed by atoms with Crippen molar-refractivity contribution in [2.75, 3.05) is 16.5 Å². The molecule has 2 aromatic heterocycles. The predicted octanol–water partition coefficient (Wildman–Crippen LogP) is 15.9. The maximum atomic E-state index is 14.3. The molecule has 0 bridgehead atoms. The Bertz CT molecular complexity index is 3220. The third-order valence-electron chi connectivity index (χ3n) is 12.7. The van der Waals surface area contributed by atoms with Crippen LogP contribution in [0.3, 0.4) is 0 Å². The van der Waals surface area contributed by atoms with Gasteiger partial charge in [0.05, 0.1) is 28.1 Å². The Balaban J connectivity index is 1.12. The molecule has 0 saturated carbocycles. The van der Waals surface area contributed by atoms with E-state index in [1.807, 2.05) is 18.3 Å². The van der Waals surface area contributed by atoms with Crippen molar-refractivity contribution < 1.29 is 9.13 Å². The number of benzene rings is 7. The number of rotatable bonds is 7. The first-order valence-corrected chi connectivity index (χ1v) is 22.2. The van der Waals surface area contributed by atoms with Crippen molar-refractivity contribution in [3.8, 4) is 39.6 Å². The Morgan fingerprint density at radius 2 is 1.25 bits per heavy atom. The lowest BCUT2D eigenvalue weighted by Crippen LogP contribution is -2.27. The molecule has 7 aromatic carbocycles. The lowest BCUT2D eigenvalue weighted by Gasteiger charge is -2.32. The van der Waals surface area contributed by atoms with Crippen molar-refractivity contribution >= 4 is 44.6 Å². The Kier molecular flexibility index (Phi) is 9.94. The van der Waals surface area contributed by atoms with Crippen LogP contribution in [0.25, 0.3) is 49.9 Å². The first-order chi connectivity index (χ1) is 30.7. The van der Waals surface area contributed by atoms with Gasteiger partial charge in [-0.15, -0.1) is 0 Å². The van der Waals surface area contributed by atoms with Gasteiger partial charge in [-0.3, -0.25) is 4.57 Å². The van der Waals surface area contributed by atoms with E-state index < -0.39 is 0 Å². The summed E-state index contributed by atoms with van der Waals surface area (Å²) < 4.78 is 23.6. The van der Waals surface area contributed by atoms with Crippen LogP contribution in [0.2, 0.25) is 0 Å². The van der Waals surface area contributed by atoms with Gasteiger partial charge in [-0.1, -0.05) is 120 Å². The van der Waals surface area contributed by atoms with E-state index in [2.05, 4.69) is 203 Å². The molecule has 0 atom stereocenters. The third-order valence-corrected chi connectivity index (χ3v) is 12.7. The summed E-state index contributed by atoms with van der Waals surface area (Å²) in [6, 6.07) is 54.4. The quantitative estimate of drug-likeness (QED) is 0.160. The predicted molar refractivity (Wildman–Crippen MR) is 265 cm³/mol. The zero-order chi connectivity index (χ0) is 44.5. The molecule has 0 unspecified atom stereocenters. The van der Waals surface area contributed by atoms with E-state index in [4.69, 9.17) is 9.72 Å². The summed E-state index contributed by atoms with van der Waals surface area (Å²) in [6.07, 6.45) is 1.92. The highest BCUT2D eigenvalue weighted by Crippen LogP contribution is 2.51. The number of hydrogen-bond acceptors (Lipinski definition) is 4. The van der Waals surface area contributed by atoms with Crippen LogP contribution in [0.15, 0.2) is 164 Å². The topological polar surface area (TPSA) is 33.5 Å². The maximum absolute atomic E-state index is 14.3. The molecule has 5 nitrogen and oxygen atoms in total. The molecule has 0 saturated heterocycles. The number of aromatic nitrogens is 2. The molecule has 0 amide bonds. The molecule has 9 aromatic rings. The molecule has 0 radical (unpaired) electrons. The van der Waals surface area contributed by atoms with E-state index >= 15 is 0 Å². The van der Waals surface area contributed by atoms with Crippen LogP contribution in [0, 0.1) is 19.7 Å². The highest BCUT2D eigenvalue weighted by Gasteiger charge is 2.34. The first-order valence-electron chi connectivity index (χ1n) is 22.2. The van der Waals surface area contributed by atoms with Gasteiger partial charge in [-0.2, -0.15) is 0 Å². The standard InChI is InChI=1S/C58H53FN4O/c1-37-15-13-16-38(2)55(37)40-31-43(61-36-62(52-22-12-11-21-51(52)61)56-46(39-23-25-42(59)26-24-39)18-14-19-49(56)58(6,7)8)34-45(32-40)64-44-27-28-48-47-17-9-10-20-50(47)63(53(48)35-44)54-33-41(29-30-60-54)57(3,4)5/h9-35H,36H2,1-8H3. The summed E-state index contributed by atoms with van der Waals surface area (Å²) in [7, 11) is 0. The molecular formula is C58H53FN4O. The average molecular weight is 841 g/mol. The summed E-state index contributed by atoms with van der Waals surface area (Å²) in [5.74, 6) is 2.10. The van der Waals surface area contributed by atoms with Crippen molar-refractivity contribution in [1.82, 2.24) is 9.55 Å². The Morgan fingerprint density at radius 1 is 0.562 bits per heavy atom. The zero-order valence-corrected chi connectivity index (χ0v) is 37.9. The number of ether oxygens (including phenoxy) is 1. The Morgan fingerprint density at radius 3 is 1.98 bits per heavy atom. The number of hydrogen-bond donors (Lipinski definition) is 0. The summed E-state index contributed by atoms with van der Waals surface area (Å²) in [4.78, 5) is 9.73. The largest absolute Gasteiger partial charge is 0.457 e. The Hall–Kier alpha value is -7.18. The van der Waals surface area contributed by atoms with Crippen LogP contribution in [0.5, 0.6) is 11.5 Å². The molecule has 10 rings (SSSR count). The molecule has 0 aliphatic carbocycles. The molecular weight excluding hydrogens is 788 g/mol. The molecule has 318 valence electrons. The second kappa shape index (κ2) is 15.6. The average Bonchev–Trinajstić information content (AvgIpc) is 3.82. The zero-order valence-electron chi connectivity index (χ0n) is 37.9. The van der Waals surface area contributed by atoms with Crippen molar-refractivity contribution in [1.29, 1.82) is 0 Å². The van der Waals surface area contributed by atoms with Gasteiger partial charge >= 0.3 is 0 Å². The lowest BCUT2D eigenvalue weighted by atomic mass is 9.83. The summed E-state index contributed by atoms with van der Waals surface area (Å²) >= 11 is 0. The molecule has 0 spiro atoms. The summed E-state index contributed by atoms with van der Waals surface area (Å²) in [5.41, 5.74) is 15.4. The molecule has 6 heteroatoms. The highest BCUT2D eigenvalue weighted by atomic mass is 19.1. The first kappa shape index (κ1) is 40.9. The number of anilines is 4. The van der Waals surface area contributed by atoms with E-state index in [0.29, 0.717) is 6.67 Å². The van der Waals surface area contributed by atoms with Crippen molar-refractivity contribution in [3.63, 3.8) is 0 Å². The molecule has 0 N–H and O–H groups in total. The van der Waals surface area contributed by atoms with Gasteiger partial charge in [0.1, 0.15) is 29.8 Å². The van der Waals surface area contributed by atoms with Crippen molar-refractivity contribution in [2.24, 2.45) is 0 Å². The van der Waals surface area contributed by atoms with Crippen LogP contribution in [0.1, 0.15) is 63.8 Å². The SMILES string of the molecule is Cc1cccc(C)c1-c1cc(Oc2ccc3c4ccccc4n(-c4cc(C(C)(C)C)ccn4)c3c2)cc(N2CN(c3c(-c4ccc(F)cc4)cccc3C(C)(C)C)c3ccccc32)c1. The second-order valence-electron chi connectivity index (χ2n) is 19.2. The lowest BCUT2D eigenvalue weighted by molar-refractivity contribution is 0.483. The number of fused-ring (bicyclic) bond motifs is 4. The van der Waals surface area contributed by atoms with Crippen LogP contribution in [-0.2, 0) is 10.8 Å². The van der Waals surface area contributed by atoms with Gasteiger partial charge in [0.2, 0.25) is 0 Å². The summed E-state index contributed by atoms with van der Waals surface area (Å²) in [5, 5.41) is 2.30. The number of halogens is 1. The summed E-state index contributed by atoms with van der Waals surface area (Å²) in [6.45, 7) is 18.4. The smallest absolute Gasteiger partial charge is 0.137 e. The third kappa shape index (κ3) is 7.27. The van der Waals surface area contributed by atoms with Crippen LogP contribution >= 0.6 is 0 Å². The number of para-hydroxylation sites is 4.